The van der Waals surface area contributed by atoms with Crippen molar-refractivity contribution in [3.8, 4) is 0 Å². The highest BCUT2D eigenvalue weighted by Gasteiger charge is 2.67. The van der Waals surface area contributed by atoms with Gasteiger partial charge in [0, 0.05) is 25.0 Å². The number of ether oxygens (including phenoxy) is 4. The minimum atomic E-state index is -0.658. The van der Waals surface area contributed by atoms with Crippen LogP contribution in [0.4, 0.5) is 0 Å². The maximum atomic E-state index is 12.4. The van der Waals surface area contributed by atoms with E-state index in [-0.39, 0.29) is 53.4 Å². The Morgan fingerprint density at radius 3 is 2.59 bits per heavy atom. The Bertz CT molecular complexity index is 939. The van der Waals surface area contributed by atoms with E-state index in [0.717, 1.165) is 63.4 Å². The molecule has 4 aliphatic carbocycles. The Balaban J connectivity index is 1.15. The summed E-state index contributed by atoms with van der Waals surface area (Å²) < 4.78 is 23.5. The van der Waals surface area contributed by atoms with Crippen LogP contribution in [0.15, 0.2) is 11.6 Å². The minimum absolute atomic E-state index is 0.0322. The fourth-order valence-electron chi connectivity index (χ4n) is 10.1. The average molecular weight is 518 g/mol. The lowest BCUT2D eigenvalue weighted by Crippen LogP contribution is -2.62. The van der Waals surface area contributed by atoms with Crippen molar-refractivity contribution in [2.45, 2.75) is 121 Å². The Morgan fingerprint density at radius 1 is 1.05 bits per heavy atom. The van der Waals surface area contributed by atoms with Crippen molar-refractivity contribution < 1.29 is 28.8 Å². The first-order valence-electron chi connectivity index (χ1n) is 14.8. The van der Waals surface area contributed by atoms with E-state index in [1.807, 2.05) is 6.92 Å². The third-order valence-corrected chi connectivity index (χ3v) is 12.3. The van der Waals surface area contributed by atoms with Crippen LogP contribution in [0.3, 0.4) is 0 Å². The van der Waals surface area contributed by atoms with Gasteiger partial charge >= 0.3 is 5.97 Å². The summed E-state index contributed by atoms with van der Waals surface area (Å²) in [7, 11) is 1.72. The predicted molar refractivity (Wildman–Crippen MR) is 138 cm³/mol. The van der Waals surface area contributed by atoms with Gasteiger partial charge in [0.05, 0.1) is 30.0 Å². The van der Waals surface area contributed by atoms with Gasteiger partial charge in [0.25, 0.3) is 0 Å². The van der Waals surface area contributed by atoms with Gasteiger partial charge in [-0.2, -0.15) is 0 Å². The Labute approximate surface area is 221 Å². The lowest BCUT2D eigenvalue weighted by Gasteiger charge is -2.64. The van der Waals surface area contributed by atoms with Crippen molar-refractivity contribution in [2.24, 2.45) is 40.2 Å². The largest absolute Gasteiger partial charge is 0.458 e. The summed E-state index contributed by atoms with van der Waals surface area (Å²) in [5, 5.41) is 12.4. The number of hydrogen-bond donors (Lipinski definition) is 2. The van der Waals surface area contributed by atoms with Crippen LogP contribution in [-0.2, 0) is 23.7 Å². The molecule has 7 heteroatoms. The summed E-state index contributed by atoms with van der Waals surface area (Å²) in [4.78, 5) is 11.8. The standard InChI is InChI=1S/C30H47NO6/c1-17-27(31)24(34-4)15-26(36-17)37-20-7-10-28(2)19(14-20)5-6-23-22(28)8-11-29(3)21(9-12-30(23,29)33)18-13-25(32)35-16-18/h13,17,19-24,26-27,33H,5-12,14-16,31H2,1-4H3/t17-,19+,20+,21+,22-,23-,24-,26-,27+,28-,29-,30+/m1/s1. The van der Waals surface area contributed by atoms with E-state index in [4.69, 9.17) is 24.7 Å². The molecule has 2 heterocycles. The molecule has 0 spiro atoms. The maximum Gasteiger partial charge on any atom is 0.331 e. The Morgan fingerprint density at radius 2 is 1.86 bits per heavy atom. The van der Waals surface area contributed by atoms with Gasteiger partial charge in [0.15, 0.2) is 6.29 Å². The molecule has 6 aliphatic rings. The first-order valence-corrected chi connectivity index (χ1v) is 14.8. The maximum absolute atomic E-state index is 12.4. The van der Waals surface area contributed by atoms with Crippen molar-refractivity contribution in [1.82, 2.24) is 0 Å². The smallest absolute Gasteiger partial charge is 0.331 e. The predicted octanol–water partition coefficient (Wildman–Crippen LogP) is 4.11. The number of methoxy groups -OCH3 is 1. The number of cyclic esters (lactones) is 1. The van der Waals surface area contributed by atoms with E-state index in [0.29, 0.717) is 30.8 Å². The second kappa shape index (κ2) is 9.29. The van der Waals surface area contributed by atoms with Crippen molar-refractivity contribution in [2.75, 3.05) is 13.7 Å². The van der Waals surface area contributed by atoms with Gasteiger partial charge in [0.1, 0.15) is 6.61 Å². The van der Waals surface area contributed by atoms with Gasteiger partial charge in [-0.25, -0.2) is 4.79 Å². The van der Waals surface area contributed by atoms with Crippen LogP contribution in [0.25, 0.3) is 0 Å². The molecule has 7 nitrogen and oxygen atoms in total. The van der Waals surface area contributed by atoms with Gasteiger partial charge in [-0.1, -0.05) is 13.8 Å². The van der Waals surface area contributed by atoms with Gasteiger partial charge in [0.2, 0.25) is 0 Å². The molecular formula is C30H47NO6. The topological polar surface area (TPSA) is 100 Å². The summed E-state index contributed by atoms with van der Waals surface area (Å²) >= 11 is 0. The number of esters is 1. The van der Waals surface area contributed by atoms with E-state index in [9.17, 15) is 9.90 Å². The second-order valence-electron chi connectivity index (χ2n) is 13.7. The zero-order valence-corrected chi connectivity index (χ0v) is 23.1. The summed E-state index contributed by atoms with van der Waals surface area (Å²) in [6, 6.07) is -0.120. The van der Waals surface area contributed by atoms with Crippen LogP contribution < -0.4 is 5.73 Å². The lowest BCUT2D eigenvalue weighted by atomic mass is 9.43. The minimum Gasteiger partial charge on any atom is -0.458 e. The van der Waals surface area contributed by atoms with Crippen LogP contribution in [0.1, 0.15) is 85.0 Å². The second-order valence-corrected chi connectivity index (χ2v) is 13.7. The van der Waals surface area contributed by atoms with Gasteiger partial charge < -0.3 is 29.8 Å². The van der Waals surface area contributed by atoms with Crippen LogP contribution in [-0.4, -0.2) is 61.0 Å². The van der Waals surface area contributed by atoms with Crippen molar-refractivity contribution in [1.29, 1.82) is 0 Å². The van der Waals surface area contributed by atoms with E-state index in [1.54, 1.807) is 13.2 Å². The average Bonchev–Trinajstić information content (AvgIpc) is 3.41. The molecule has 2 aliphatic heterocycles. The number of aliphatic hydroxyl groups is 1. The third kappa shape index (κ3) is 3.97. The SMILES string of the molecule is CO[C@@H]1C[C@@H](O[C@H]2CC[C@]3(C)[C@@H](CC[C@@H]4[C@H]3CC[C@]3(C)[C@H](C5=CC(=O)OC5)CC[C@]43O)C2)O[C@H](C)[C@@H]1N. The zero-order chi connectivity index (χ0) is 26.2. The van der Waals surface area contributed by atoms with Crippen molar-refractivity contribution >= 4 is 5.97 Å². The molecule has 3 N–H and O–H groups in total. The summed E-state index contributed by atoms with van der Waals surface area (Å²) in [6.45, 7) is 7.22. The van der Waals surface area contributed by atoms with E-state index < -0.39 is 5.60 Å². The molecule has 0 aromatic rings. The number of carbonyl (C=O) groups is 1. The fourth-order valence-corrected chi connectivity index (χ4v) is 10.1. The summed E-state index contributed by atoms with van der Waals surface area (Å²) in [5.74, 6) is 1.52. The molecule has 4 saturated carbocycles. The number of rotatable bonds is 4. The molecule has 1 saturated heterocycles. The van der Waals surface area contributed by atoms with Crippen molar-refractivity contribution in [3.05, 3.63) is 11.6 Å². The molecular weight excluding hydrogens is 470 g/mol. The van der Waals surface area contributed by atoms with Crippen LogP contribution in [0.5, 0.6) is 0 Å². The van der Waals surface area contributed by atoms with Gasteiger partial charge in [-0.05, 0) is 99.4 Å². The highest BCUT2D eigenvalue weighted by Crippen LogP contribution is 2.70. The first-order chi connectivity index (χ1) is 17.6. The van der Waals surface area contributed by atoms with Crippen LogP contribution >= 0.6 is 0 Å². The van der Waals surface area contributed by atoms with Gasteiger partial charge in [-0.15, -0.1) is 0 Å². The monoisotopic (exact) mass is 517 g/mol. The molecule has 6 rings (SSSR count). The summed E-state index contributed by atoms with van der Waals surface area (Å²) in [6.07, 6.45) is 11.7. The normalized spacial score (nSPS) is 53.6. The zero-order valence-electron chi connectivity index (χ0n) is 23.1. The van der Waals surface area contributed by atoms with E-state index in [1.165, 1.54) is 0 Å². The molecule has 0 unspecified atom stereocenters. The molecule has 0 radical (unpaired) electrons. The molecule has 0 amide bonds. The first kappa shape index (κ1) is 26.2. The Kier molecular flexibility index (Phi) is 6.59. The van der Waals surface area contributed by atoms with E-state index in [2.05, 4.69) is 13.8 Å². The quantitative estimate of drug-likeness (QED) is 0.428. The van der Waals surface area contributed by atoms with E-state index >= 15 is 0 Å². The number of hydrogen-bond acceptors (Lipinski definition) is 7. The number of carbonyl (C=O) groups excluding carboxylic acids is 1. The number of fused-ring (bicyclic) bond motifs is 5. The highest BCUT2D eigenvalue weighted by atomic mass is 16.7. The van der Waals surface area contributed by atoms with Crippen molar-refractivity contribution in [3.63, 3.8) is 0 Å². The third-order valence-electron chi connectivity index (χ3n) is 12.3. The molecule has 0 aromatic heterocycles. The molecule has 208 valence electrons. The highest BCUT2D eigenvalue weighted by molar-refractivity contribution is 5.85. The fraction of sp³-hybridized carbons (Fsp3) is 0.900. The van der Waals surface area contributed by atoms with Crippen LogP contribution in [0.2, 0.25) is 0 Å². The molecule has 12 atom stereocenters. The van der Waals surface area contributed by atoms with Gasteiger partial charge in [-0.3, -0.25) is 0 Å². The van der Waals surface area contributed by atoms with Crippen LogP contribution in [0, 0.1) is 34.5 Å². The number of nitrogens with two attached hydrogens (primary N) is 1. The molecule has 0 bridgehead atoms. The molecule has 0 aromatic carbocycles. The Hall–Kier alpha value is -0.990. The lowest BCUT2D eigenvalue weighted by molar-refractivity contribution is -0.254. The summed E-state index contributed by atoms with van der Waals surface area (Å²) in [5.41, 5.74) is 6.76. The molecule has 5 fully saturated rings. The molecule has 37 heavy (non-hydrogen) atoms.